The largest absolute Gasteiger partial charge is 0.391 e. The fraction of sp³-hybridized carbons (Fsp3) is 0.600. The minimum atomic E-state index is -0.224. The van der Waals surface area contributed by atoms with Crippen molar-refractivity contribution in [2.75, 3.05) is 32.1 Å². The van der Waals surface area contributed by atoms with E-state index in [1.165, 1.54) is 11.3 Å². The van der Waals surface area contributed by atoms with Crippen LogP contribution in [0, 0.1) is 6.92 Å². The Hall–Kier alpha value is -1.10. The van der Waals surface area contributed by atoms with Crippen LogP contribution in [0.5, 0.6) is 0 Å². The molecular weight excluding hydrogens is 238 g/mol. The summed E-state index contributed by atoms with van der Waals surface area (Å²) in [6.07, 6.45) is 0.620. The zero-order chi connectivity index (χ0) is 14.0. The van der Waals surface area contributed by atoms with Gasteiger partial charge in [-0.25, -0.2) is 0 Å². The quantitative estimate of drug-likeness (QED) is 0.849. The van der Waals surface area contributed by atoms with Gasteiger partial charge in [0, 0.05) is 31.4 Å². The molecule has 4 nitrogen and oxygen atoms in total. The van der Waals surface area contributed by atoms with Gasteiger partial charge >= 0.3 is 0 Å². The van der Waals surface area contributed by atoms with Crippen molar-refractivity contribution >= 4 is 5.69 Å². The molecule has 1 aliphatic rings. The minimum Gasteiger partial charge on any atom is -0.391 e. The molecule has 0 spiro atoms. The average molecular weight is 263 g/mol. The minimum absolute atomic E-state index is 0.224. The first-order valence-corrected chi connectivity index (χ1v) is 6.90. The summed E-state index contributed by atoms with van der Waals surface area (Å²) in [4.78, 5) is 4.51. The second-order valence-electron chi connectivity index (χ2n) is 5.78. The molecule has 0 amide bonds. The Morgan fingerprint density at radius 1 is 1.42 bits per heavy atom. The highest BCUT2D eigenvalue weighted by molar-refractivity contribution is 5.56. The van der Waals surface area contributed by atoms with Crippen molar-refractivity contribution in [2.45, 2.75) is 32.0 Å². The summed E-state index contributed by atoms with van der Waals surface area (Å²) in [6.45, 7) is 4.38. The number of β-amino-alcohol motifs (C(OH)–C–C–N with tert-alkyl or cyclic N) is 1. The lowest BCUT2D eigenvalue weighted by atomic mass is 10.1. The van der Waals surface area contributed by atoms with Crippen LogP contribution in [0.3, 0.4) is 0 Å². The Morgan fingerprint density at radius 3 is 2.74 bits per heavy atom. The summed E-state index contributed by atoms with van der Waals surface area (Å²) in [6, 6.07) is 6.75. The Bertz CT molecular complexity index is 433. The van der Waals surface area contributed by atoms with E-state index in [4.69, 9.17) is 5.73 Å². The van der Waals surface area contributed by atoms with E-state index in [9.17, 15) is 5.11 Å². The van der Waals surface area contributed by atoms with Gasteiger partial charge in [0.25, 0.3) is 0 Å². The number of likely N-dealkylation sites (N-methyl/N-ethyl adjacent to an activating group) is 1. The zero-order valence-corrected chi connectivity index (χ0v) is 12.1. The van der Waals surface area contributed by atoms with Gasteiger partial charge < -0.3 is 20.6 Å². The highest BCUT2D eigenvalue weighted by Gasteiger charge is 2.31. The second kappa shape index (κ2) is 5.90. The number of hydrogen-bond acceptors (Lipinski definition) is 4. The maximum absolute atomic E-state index is 9.96. The molecule has 1 saturated heterocycles. The summed E-state index contributed by atoms with van der Waals surface area (Å²) < 4.78 is 0. The van der Waals surface area contributed by atoms with E-state index in [2.05, 4.69) is 49.0 Å². The third-order valence-corrected chi connectivity index (χ3v) is 3.77. The summed E-state index contributed by atoms with van der Waals surface area (Å²) >= 11 is 0. The molecule has 2 rings (SSSR count). The van der Waals surface area contributed by atoms with E-state index in [0.717, 1.165) is 25.1 Å². The van der Waals surface area contributed by atoms with Crippen LogP contribution in [0.25, 0.3) is 0 Å². The number of hydrogen-bond donors (Lipinski definition) is 2. The number of nitrogens with zero attached hydrogens (tertiary/aromatic N) is 2. The molecule has 0 radical (unpaired) electrons. The highest BCUT2D eigenvalue weighted by Crippen LogP contribution is 2.29. The van der Waals surface area contributed by atoms with Crippen molar-refractivity contribution in [1.29, 1.82) is 0 Å². The van der Waals surface area contributed by atoms with Crippen LogP contribution < -0.4 is 10.6 Å². The standard InChI is InChI=1S/C15H25N3O/c1-11-6-12(8-16)4-5-15(11)18-10-14(19)7-13(18)9-17(2)3/h4-6,13-14,19H,7-10,16H2,1-3H3. The lowest BCUT2D eigenvalue weighted by molar-refractivity contribution is 0.191. The normalized spacial score (nSPS) is 23.4. The van der Waals surface area contributed by atoms with Crippen molar-refractivity contribution < 1.29 is 5.11 Å². The number of benzene rings is 1. The summed E-state index contributed by atoms with van der Waals surface area (Å²) in [5.74, 6) is 0. The third kappa shape index (κ3) is 3.26. The van der Waals surface area contributed by atoms with Crippen LogP contribution in [-0.4, -0.2) is 49.3 Å². The lowest BCUT2D eigenvalue weighted by Gasteiger charge is -2.30. The van der Waals surface area contributed by atoms with Crippen molar-refractivity contribution in [3.8, 4) is 0 Å². The Balaban J connectivity index is 2.23. The van der Waals surface area contributed by atoms with Gasteiger partial charge in [-0.1, -0.05) is 12.1 Å². The molecule has 1 aromatic carbocycles. The molecule has 0 aliphatic carbocycles. The fourth-order valence-electron chi connectivity index (χ4n) is 2.95. The molecule has 0 bridgehead atoms. The van der Waals surface area contributed by atoms with E-state index >= 15 is 0 Å². The first-order chi connectivity index (χ1) is 9.01. The summed E-state index contributed by atoms with van der Waals surface area (Å²) in [7, 11) is 4.15. The van der Waals surface area contributed by atoms with Gasteiger partial charge in [0.05, 0.1) is 6.10 Å². The van der Waals surface area contributed by atoms with Crippen LogP contribution in [0.1, 0.15) is 17.5 Å². The van der Waals surface area contributed by atoms with Crippen molar-refractivity contribution in [2.24, 2.45) is 5.73 Å². The number of nitrogens with two attached hydrogens (primary N) is 1. The van der Waals surface area contributed by atoms with Crippen molar-refractivity contribution in [3.63, 3.8) is 0 Å². The molecule has 2 unspecified atom stereocenters. The smallest absolute Gasteiger partial charge is 0.0735 e. The number of anilines is 1. The summed E-state index contributed by atoms with van der Waals surface area (Å²) in [5, 5.41) is 9.96. The maximum Gasteiger partial charge on any atom is 0.0735 e. The third-order valence-electron chi connectivity index (χ3n) is 3.77. The van der Waals surface area contributed by atoms with Gasteiger partial charge in [0.2, 0.25) is 0 Å². The first-order valence-electron chi connectivity index (χ1n) is 6.90. The highest BCUT2D eigenvalue weighted by atomic mass is 16.3. The van der Waals surface area contributed by atoms with E-state index in [0.29, 0.717) is 12.6 Å². The Kier molecular flexibility index (Phi) is 4.45. The molecular formula is C15H25N3O. The molecule has 2 atom stereocenters. The number of rotatable bonds is 4. The van der Waals surface area contributed by atoms with Gasteiger partial charge in [0.15, 0.2) is 0 Å². The molecule has 1 fully saturated rings. The topological polar surface area (TPSA) is 52.7 Å². The van der Waals surface area contributed by atoms with E-state index in [1.54, 1.807) is 0 Å². The molecule has 3 N–H and O–H groups in total. The van der Waals surface area contributed by atoms with Crippen LogP contribution in [0.15, 0.2) is 18.2 Å². The molecule has 1 heterocycles. The van der Waals surface area contributed by atoms with Crippen LogP contribution in [0.4, 0.5) is 5.69 Å². The van der Waals surface area contributed by atoms with Crippen molar-refractivity contribution in [1.82, 2.24) is 4.90 Å². The number of aliphatic hydroxyl groups excluding tert-OH is 1. The molecule has 0 saturated carbocycles. The molecule has 106 valence electrons. The molecule has 19 heavy (non-hydrogen) atoms. The van der Waals surface area contributed by atoms with Crippen LogP contribution >= 0.6 is 0 Å². The monoisotopic (exact) mass is 263 g/mol. The van der Waals surface area contributed by atoms with Gasteiger partial charge in [-0.3, -0.25) is 0 Å². The van der Waals surface area contributed by atoms with Gasteiger partial charge in [-0.2, -0.15) is 0 Å². The number of aryl methyl sites for hydroxylation is 1. The number of aliphatic hydroxyl groups is 1. The predicted octanol–water partition coefficient (Wildman–Crippen LogP) is 0.955. The summed E-state index contributed by atoms with van der Waals surface area (Å²) in [5.41, 5.74) is 9.29. The van der Waals surface area contributed by atoms with E-state index < -0.39 is 0 Å². The molecule has 1 aliphatic heterocycles. The molecule has 0 aromatic heterocycles. The predicted molar refractivity (Wildman–Crippen MR) is 79.4 cm³/mol. The molecule has 1 aromatic rings. The maximum atomic E-state index is 9.96. The van der Waals surface area contributed by atoms with Crippen LogP contribution in [0.2, 0.25) is 0 Å². The van der Waals surface area contributed by atoms with Gasteiger partial charge in [0.1, 0.15) is 0 Å². The average Bonchev–Trinajstić information content (AvgIpc) is 2.69. The van der Waals surface area contributed by atoms with E-state index in [1.807, 2.05) is 0 Å². The Morgan fingerprint density at radius 2 is 2.16 bits per heavy atom. The first kappa shape index (κ1) is 14.3. The molecule has 4 heteroatoms. The fourth-order valence-corrected chi connectivity index (χ4v) is 2.95. The van der Waals surface area contributed by atoms with Gasteiger partial charge in [-0.05, 0) is 44.6 Å². The SMILES string of the molecule is Cc1cc(CN)ccc1N1CC(O)CC1CN(C)C. The van der Waals surface area contributed by atoms with Crippen molar-refractivity contribution in [3.05, 3.63) is 29.3 Å². The van der Waals surface area contributed by atoms with Gasteiger partial charge in [-0.15, -0.1) is 0 Å². The Labute approximate surface area is 115 Å². The zero-order valence-electron chi connectivity index (χ0n) is 12.1. The lowest BCUT2D eigenvalue weighted by Crippen LogP contribution is -2.38. The second-order valence-corrected chi connectivity index (χ2v) is 5.78. The van der Waals surface area contributed by atoms with E-state index in [-0.39, 0.29) is 6.10 Å². The van der Waals surface area contributed by atoms with Crippen LogP contribution in [-0.2, 0) is 6.54 Å².